The highest BCUT2D eigenvalue weighted by atomic mass is 32.2. The third-order valence-corrected chi connectivity index (χ3v) is 4.41. The molecule has 1 N–H and O–H groups in total. The number of methoxy groups -OCH3 is 2. The summed E-state index contributed by atoms with van der Waals surface area (Å²) >= 11 is 0.972. The molecule has 11 heteroatoms. The summed E-state index contributed by atoms with van der Waals surface area (Å²) in [5.41, 5.74) is 0.658. The van der Waals surface area contributed by atoms with Crippen LogP contribution in [0.1, 0.15) is 18.9 Å². The van der Waals surface area contributed by atoms with E-state index < -0.39 is 11.9 Å². The molecule has 1 heterocycles. The highest BCUT2D eigenvalue weighted by Crippen LogP contribution is 2.28. The molecule has 1 aromatic carbocycles. The number of rotatable bonds is 9. The Hall–Kier alpha value is -3.34. The highest BCUT2D eigenvalue weighted by molar-refractivity contribution is 8.18. The summed E-state index contributed by atoms with van der Waals surface area (Å²) in [4.78, 5) is 34.6. The van der Waals surface area contributed by atoms with Gasteiger partial charge in [0.05, 0.1) is 45.0 Å². The molecule has 0 atom stereocenters. The number of carbonyl (C=O) groups excluding carboxylic acids is 3. The largest absolute Gasteiger partial charge is 0.493 e. The fraction of sp³-hybridized carbons (Fsp3) is 0.316. The van der Waals surface area contributed by atoms with E-state index in [-0.39, 0.29) is 29.1 Å². The number of thioether (sulfide) groups is 1. The molecule has 1 aromatic rings. The summed E-state index contributed by atoms with van der Waals surface area (Å²) in [6, 6.07) is 5.11. The molecule has 0 radical (unpaired) electrons. The molecule has 0 spiro atoms. The number of benzene rings is 1. The van der Waals surface area contributed by atoms with Gasteiger partial charge in [-0.2, -0.15) is 5.10 Å². The van der Waals surface area contributed by atoms with E-state index in [0.29, 0.717) is 23.7 Å². The van der Waals surface area contributed by atoms with Crippen molar-refractivity contribution in [3.8, 4) is 11.5 Å². The van der Waals surface area contributed by atoms with E-state index in [1.165, 1.54) is 20.4 Å². The van der Waals surface area contributed by atoms with Gasteiger partial charge in [0.1, 0.15) is 0 Å². The molecule has 1 aliphatic rings. The molecule has 0 aromatic heterocycles. The average Bonchev–Trinajstić information content (AvgIpc) is 3.07. The van der Waals surface area contributed by atoms with Gasteiger partial charge in [0.2, 0.25) is 0 Å². The van der Waals surface area contributed by atoms with E-state index in [1.807, 2.05) is 0 Å². The van der Waals surface area contributed by atoms with Gasteiger partial charge in [-0.25, -0.2) is 4.79 Å². The molecule has 160 valence electrons. The third kappa shape index (κ3) is 6.92. The molecule has 1 saturated heterocycles. The fourth-order valence-electron chi connectivity index (χ4n) is 2.15. The first-order valence-corrected chi connectivity index (χ1v) is 9.64. The molecule has 1 aliphatic heterocycles. The van der Waals surface area contributed by atoms with Crippen LogP contribution in [-0.4, -0.2) is 56.7 Å². The molecule has 1 fully saturated rings. The predicted molar refractivity (Wildman–Crippen MR) is 111 cm³/mol. The van der Waals surface area contributed by atoms with Gasteiger partial charge < -0.3 is 18.9 Å². The quantitative estimate of drug-likeness (QED) is 0.269. The second kappa shape index (κ2) is 11.6. The second-order valence-corrected chi connectivity index (χ2v) is 6.58. The smallest absolute Gasteiger partial charge is 0.331 e. The summed E-state index contributed by atoms with van der Waals surface area (Å²) in [7, 11) is 2.73. The lowest BCUT2D eigenvalue weighted by Gasteiger charge is -2.11. The molecule has 0 aliphatic carbocycles. The number of amides is 1. The first-order chi connectivity index (χ1) is 14.5. The van der Waals surface area contributed by atoms with Gasteiger partial charge in [-0.1, -0.05) is 0 Å². The minimum Gasteiger partial charge on any atom is -0.493 e. The first-order valence-electron chi connectivity index (χ1n) is 8.83. The average molecular weight is 435 g/mol. The number of nitrogens with zero attached hydrogens (tertiary/aromatic N) is 2. The van der Waals surface area contributed by atoms with Crippen LogP contribution in [0.4, 0.5) is 0 Å². The van der Waals surface area contributed by atoms with E-state index in [0.717, 1.165) is 17.8 Å². The normalized spacial score (nSPS) is 16.0. The van der Waals surface area contributed by atoms with Gasteiger partial charge in [0.15, 0.2) is 16.7 Å². The van der Waals surface area contributed by atoms with Crippen molar-refractivity contribution in [2.45, 2.75) is 13.3 Å². The topological polar surface area (TPSA) is 125 Å². The monoisotopic (exact) mass is 435 g/mol. The van der Waals surface area contributed by atoms with Crippen LogP contribution in [0.5, 0.6) is 11.5 Å². The number of hydrogen-bond donors (Lipinski definition) is 1. The molecule has 0 unspecified atom stereocenters. The zero-order chi connectivity index (χ0) is 21.9. The maximum atomic E-state index is 11.8. The number of esters is 2. The van der Waals surface area contributed by atoms with E-state index in [4.69, 9.17) is 14.2 Å². The van der Waals surface area contributed by atoms with Gasteiger partial charge in [0, 0.05) is 6.08 Å². The predicted octanol–water partition coefficient (Wildman–Crippen LogP) is 1.64. The second-order valence-electron chi connectivity index (χ2n) is 5.55. The van der Waals surface area contributed by atoms with Gasteiger partial charge in [0.25, 0.3) is 5.91 Å². The van der Waals surface area contributed by atoms with Crippen LogP contribution >= 0.6 is 11.8 Å². The third-order valence-electron chi connectivity index (χ3n) is 3.51. The number of hydrogen-bond acceptors (Lipinski definition) is 10. The number of amidine groups is 1. The summed E-state index contributed by atoms with van der Waals surface area (Å²) in [5.74, 6) is -0.502. The lowest BCUT2D eigenvalue weighted by atomic mass is 10.2. The van der Waals surface area contributed by atoms with Crippen molar-refractivity contribution in [2.75, 3.05) is 27.4 Å². The molecule has 2 rings (SSSR count). The van der Waals surface area contributed by atoms with Crippen LogP contribution in [0.15, 0.2) is 39.4 Å². The molecular weight excluding hydrogens is 414 g/mol. The Bertz CT molecular complexity index is 896. The maximum Gasteiger partial charge on any atom is 0.331 e. The molecule has 1 amide bonds. The Morgan fingerprint density at radius 2 is 2.03 bits per heavy atom. The van der Waals surface area contributed by atoms with E-state index in [9.17, 15) is 14.4 Å². The number of carbonyl (C=O) groups is 3. The minimum atomic E-state index is -0.633. The maximum absolute atomic E-state index is 11.8. The first kappa shape index (κ1) is 22.9. The van der Waals surface area contributed by atoms with E-state index >= 15 is 0 Å². The molecule has 0 saturated carbocycles. The Morgan fingerprint density at radius 1 is 1.23 bits per heavy atom. The van der Waals surface area contributed by atoms with Gasteiger partial charge in [-0.15, -0.1) is 5.10 Å². The van der Waals surface area contributed by atoms with Crippen molar-refractivity contribution in [1.29, 1.82) is 0 Å². The van der Waals surface area contributed by atoms with Crippen LogP contribution in [0.25, 0.3) is 0 Å². The Labute approximate surface area is 177 Å². The van der Waals surface area contributed by atoms with Crippen molar-refractivity contribution in [1.82, 2.24) is 5.32 Å². The van der Waals surface area contributed by atoms with Crippen molar-refractivity contribution in [2.24, 2.45) is 10.2 Å². The SMILES string of the molecule is CCOC(=O)CCOc1cc(C=N/N=C2/NC(=O)/C(=C\C(=O)OC)S2)ccc1OC. The molecule has 30 heavy (non-hydrogen) atoms. The van der Waals surface area contributed by atoms with Crippen LogP contribution in [-0.2, 0) is 23.9 Å². The van der Waals surface area contributed by atoms with Gasteiger partial charge in [-0.05, 0) is 42.4 Å². The van der Waals surface area contributed by atoms with Crippen molar-refractivity contribution < 1.29 is 33.3 Å². The Kier molecular flexibility index (Phi) is 8.88. The Balaban J connectivity index is 2.02. The van der Waals surface area contributed by atoms with E-state index in [1.54, 1.807) is 25.1 Å². The molecule has 0 bridgehead atoms. The zero-order valence-electron chi connectivity index (χ0n) is 16.7. The van der Waals surface area contributed by atoms with Crippen molar-refractivity contribution in [3.05, 3.63) is 34.7 Å². The lowest BCUT2D eigenvalue weighted by molar-refractivity contribution is -0.143. The Morgan fingerprint density at radius 3 is 2.73 bits per heavy atom. The van der Waals surface area contributed by atoms with Crippen molar-refractivity contribution >= 4 is 41.0 Å². The number of nitrogens with one attached hydrogen (secondary N) is 1. The van der Waals surface area contributed by atoms with Crippen molar-refractivity contribution in [3.63, 3.8) is 0 Å². The van der Waals surface area contributed by atoms with Crippen LogP contribution in [0.2, 0.25) is 0 Å². The molecular formula is C19H21N3O7S. The summed E-state index contributed by atoms with van der Waals surface area (Å²) < 4.78 is 20.2. The highest BCUT2D eigenvalue weighted by Gasteiger charge is 2.25. The standard InChI is InChI=1S/C19H21N3O7S/c1-4-28-16(23)7-8-29-14-9-12(5-6-13(14)26-2)11-20-22-19-21-18(25)15(30-19)10-17(24)27-3/h5-6,9-11H,4,7-8H2,1-3H3,(H,21,22,25)/b15-10+,20-11?. The van der Waals surface area contributed by atoms with Gasteiger partial charge in [-0.3, -0.25) is 14.9 Å². The molecule has 10 nitrogen and oxygen atoms in total. The van der Waals surface area contributed by atoms with Gasteiger partial charge >= 0.3 is 11.9 Å². The zero-order valence-corrected chi connectivity index (χ0v) is 17.5. The van der Waals surface area contributed by atoms with E-state index in [2.05, 4.69) is 20.3 Å². The van der Waals surface area contributed by atoms with Crippen LogP contribution in [0, 0.1) is 0 Å². The lowest BCUT2D eigenvalue weighted by Crippen LogP contribution is -2.19. The number of ether oxygens (including phenoxy) is 4. The summed E-state index contributed by atoms with van der Waals surface area (Å²) in [5, 5.41) is 10.6. The van der Waals surface area contributed by atoms with Crippen LogP contribution < -0.4 is 14.8 Å². The fourth-order valence-corrected chi connectivity index (χ4v) is 2.89. The van der Waals surface area contributed by atoms with Crippen LogP contribution in [0.3, 0.4) is 0 Å². The minimum absolute atomic E-state index is 0.112. The summed E-state index contributed by atoms with van der Waals surface area (Å²) in [6.07, 6.45) is 2.65. The summed E-state index contributed by atoms with van der Waals surface area (Å²) in [6.45, 7) is 2.19.